The van der Waals surface area contributed by atoms with Crippen LogP contribution in [0.2, 0.25) is 0 Å². The third kappa shape index (κ3) is 7.72. The van der Waals surface area contributed by atoms with Gasteiger partial charge in [-0.05, 0) is 85.3 Å². The van der Waals surface area contributed by atoms with Crippen LogP contribution in [0, 0.1) is 18.8 Å². The van der Waals surface area contributed by atoms with Gasteiger partial charge in [0, 0.05) is 36.1 Å². The number of aryl methyl sites for hydroxylation is 1. The molecule has 40 heavy (non-hydrogen) atoms. The summed E-state index contributed by atoms with van der Waals surface area (Å²) in [4.78, 5) is 24.5. The van der Waals surface area contributed by atoms with E-state index in [2.05, 4.69) is 9.88 Å². The Hall–Kier alpha value is -2.71. The number of carboxylic acids is 1. The molecule has 8 nitrogen and oxygen atoms in total. The Morgan fingerprint density at radius 3 is 2.35 bits per heavy atom. The average molecular weight is 554 g/mol. The first-order chi connectivity index (χ1) is 18.8. The van der Waals surface area contributed by atoms with Crippen molar-refractivity contribution < 1.29 is 24.1 Å². The predicted octanol–water partition coefficient (Wildman–Crippen LogP) is 6.60. The van der Waals surface area contributed by atoms with Crippen molar-refractivity contribution in [2.24, 2.45) is 11.8 Å². The summed E-state index contributed by atoms with van der Waals surface area (Å²) in [7, 11) is 0. The van der Waals surface area contributed by atoms with E-state index in [-0.39, 0.29) is 5.60 Å². The van der Waals surface area contributed by atoms with E-state index in [1.807, 2.05) is 66.8 Å². The molecule has 2 unspecified atom stereocenters. The molecule has 1 N–H and O–H groups in total. The number of nitrogens with zero attached hydrogens (tertiary/aromatic N) is 3. The van der Waals surface area contributed by atoms with Gasteiger partial charge in [-0.1, -0.05) is 19.3 Å². The molecule has 2 fully saturated rings. The number of anilines is 1. The molecule has 1 saturated heterocycles. The van der Waals surface area contributed by atoms with Crippen molar-refractivity contribution in [1.29, 1.82) is 0 Å². The molecule has 4 rings (SSSR count). The quantitative estimate of drug-likeness (QED) is 0.347. The van der Waals surface area contributed by atoms with Crippen LogP contribution in [0.1, 0.15) is 91.0 Å². The SMILES string of the molecule is Cc1ncc(-c2ccc(OCCOC(C)(C)C)cn2)c(N2CCC3CCCCC3C2)c1[C@H](OC(C)(C)C)C(=O)O. The van der Waals surface area contributed by atoms with Gasteiger partial charge in [0.25, 0.3) is 0 Å². The highest BCUT2D eigenvalue weighted by molar-refractivity contribution is 5.85. The second-order valence-corrected chi connectivity index (χ2v) is 13.2. The lowest BCUT2D eigenvalue weighted by atomic mass is 9.75. The van der Waals surface area contributed by atoms with Crippen molar-refractivity contribution >= 4 is 11.7 Å². The summed E-state index contributed by atoms with van der Waals surface area (Å²) in [5.41, 5.74) is 2.86. The number of carbonyl (C=O) groups is 1. The van der Waals surface area contributed by atoms with Gasteiger partial charge in [-0.3, -0.25) is 9.97 Å². The third-order valence-corrected chi connectivity index (χ3v) is 7.75. The molecule has 220 valence electrons. The zero-order chi connectivity index (χ0) is 29.1. The van der Waals surface area contributed by atoms with Gasteiger partial charge >= 0.3 is 5.97 Å². The van der Waals surface area contributed by atoms with E-state index in [1.54, 1.807) is 6.20 Å². The van der Waals surface area contributed by atoms with E-state index in [1.165, 1.54) is 25.7 Å². The van der Waals surface area contributed by atoms with Crippen LogP contribution in [-0.2, 0) is 14.3 Å². The molecule has 1 aliphatic carbocycles. The average Bonchev–Trinajstić information content (AvgIpc) is 2.89. The molecule has 1 saturated carbocycles. The van der Waals surface area contributed by atoms with E-state index in [4.69, 9.17) is 19.2 Å². The van der Waals surface area contributed by atoms with Crippen molar-refractivity contribution in [3.05, 3.63) is 35.8 Å². The Bertz CT molecular complexity index is 1150. The van der Waals surface area contributed by atoms with Gasteiger partial charge in [0.15, 0.2) is 6.10 Å². The highest BCUT2D eigenvalue weighted by Crippen LogP contribution is 2.44. The molecule has 8 heteroatoms. The number of aliphatic carboxylic acids is 1. The van der Waals surface area contributed by atoms with Crippen molar-refractivity contribution in [3.8, 4) is 17.0 Å². The molecular formula is C32H47N3O5. The van der Waals surface area contributed by atoms with Crippen molar-refractivity contribution in [2.45, 2.75) is 97.9 Å². The first-order valence-electron chi connectivity index (χ1n) is 14.7. The highest BCUT2D eigenvalue weighted by atomic mass is 16.5. The van der Waals surface area contributed by atoms with Gasteiger partial charge < -0.3 is 24.2 Å². The number of hydrogen-bond acceptors (Lipinski definition) is 7. The maximum Gasteiger partial charge on any atom is 0.337 e. The van der Waals surface area contributed by atoms with Gasteiger partial charge in [0.2, 0.25) is 0 Å². The molecule has 2 aliphatic rings. The first kappa shape index (κ1) is 30.3. The molecule has 0 amide bonds. The van der Waals surface area contributed by atoms with Crippen LogP contribution in [0.5, 0.6) is 5.75 Å². The number of rotatable bonds is 9. The van der Waals surface area contributed by atoms with Gasteiger partial charge in [0.05, 0.1) is 35.4 Å². The topological polar surface area (TPSA) is 94.0 Å². The number of ether oxygens (including phenoxy) is 3. The number of carboxylic acid groups (broad SMARTS) is 1. The van der Waals surface area contributed by atoms with Gasteiger partial charge in [-0.25, -0.2) is 4.79 Å². The van der Waals surface area contributed by atoms with Gasteiger partial charge in [-0.15, -0.1) is 0 Å². The Morgan fingerprint density at radius 2 is 1.73 bits per heavy atom. The molecule has 0 spiro atoms. The van der Waals surface area contributed by atoms with Crippen molar-refractivity contribution in [1.82, 2.24) is 9.97 Å². The van der Waals surface area contributed by atoms with E-state index in [0.29, 0.717) is 36.1 Å². The van der Waals surface area contributed by atoms with Crippen molar-refractivity contribution in [2.75, 3.05) is 31.2 Å². The summed E-state index contributed by atoms with van der Waals surface area (Å²) in [6, 6.07) is 3.82. The van der Waals surface area contributed by atoms with Crippen LogP contribution in [-0.4, -0.2) is 58.5 Å². The van der Waals surface area contributed by atoms with Crippen LogP contribution in [0.25, 0.3) is 11.3 Å². The zero-order valence-corrected chi connectivity index (χ0v) is 25.3. The molecule has 1 aliphatic heterocycles. The molecular weight excluding hydrogens is 506 g/mol. The second kappa shape index (κ2) is 12.4. The van der Waals surface area contributed by atoms with Crippen LogP contribution in [0.3, 0.4) is 0 Å². The number of hydrogen-bond donors (Lipinski definition) is 1. The van der Waals surface area contributed by atoms with E-state index < -0.39 is 17.7 Å². The third-order valence-electron chi connectivity index (χ3n) is 7.75. The molecule has 3 atom stereocenters. The Balaban J connectivity index is 1.71. The number of fused-ring (bicyclic) bond motifs is 1. The van der Waals surface area contributed by atoms with Crippen LogP contribution in [0.15, 0.2) is 24.5 Å². The predicted molar refractivity (Wildman–Crippen MR) is 157 cm³/mol. The zero-order valence-electron chi connectivity index (χ0n) is 25.3. The van der Waals surface area contributed by atoms with E-state index in [0.717, 1.165) is 42.4 Å². The van der Waals surface area contributed by atoms with Gasteiger partial charge in [0.1, 0.15) is 12.4 Å². The highest BCUT2D eigenvalue weighted by Gasteiger charge is 2.37. The Labute approximate surface area is 239 Å². The largest absolute Gasteiger partial charge is 0.490 e. The van der Waals surface area contributed by atoms with E-state index >= 15 is 0 Å². The number of pyridine rings is 2. The fraction of sp³-hybridized carbons (Fsp3) is 0.656. The second-order valence-electron chi connectivity index (χ2n) is 13.2. The first-order valence-corrected chi connectivity index (χ1v) is 14.7. The summed E-state index contributed by atoms with van der Waals surface area (Å²) in [5, 5.41) is 10.4. The molecule has 0 aromatic carbocycles. The number of piperidine rings is 1. The minimum Gasteiger partial charge on any atom is -0.490 e. The Kier molecular flexibility index (Phi) is 9.40. The van der Waals surface area contributed by atoms with Gasteiger partial charge in [-0.2, -0.15) is 0 Å². The summed E-state index contributed by atoms with van der Waals surface area (Å²) < 4.78 is 17.8. The summed E-state index contributed by atoms with van der Waals surface area (Å²) in [5.74, 6) is 1.01. The Morgan fingerprint density at radius 1 is 1.00 bits per heavy atom. The van der Waals surface area contributed by atoms with Crippen LogP contribution < -0.4 is 9.64 Å². The minimum atomic E-state index is -1.14. The maximum atomic E-state index is 12.7. The molecule has 0 radical (unpaired) electrons. The molecule has 3 heterocycles. The maximum absolute atomic E-state index is 12.7. The summed E-state index contributed by atoms with van der Waals surface area (Å²) in [6.07, 6.45) is 8.60. The molecule has 0 bridgehead atoms. The monoisotopic (exact) mass is 553 g/mol. The molecule has 2 aromatic heterocycles. The van der Waals surface area contributed by atoms with Crippen molar-refractivity contribution in [3.63, 3.8) is 0 Å². The minimum absolute atomic E-state index is 0.214. The fourth-order valence-corrected chi connectivity index (χ4v) is 5.97. The lowest BCUT2D eigenvalue weighted by molar-refractivity contribution is -0.160. The van der Waals surface area contributed by atoms with E-state index in [9.17, 15) is 9.90 Å². The lowest BCUT2D eigenvalue weighted by Crippen LogP contribution is -2.43. The summed E-state index contributed by atoms with van der Waals surface area (Å²) >= 11 is 0. The summed E-state index contributed by atoms with van der Waals surface area (Å²) in [6.45, 7) is 16.3. The molecule has 2 aromatic rings. The lowest BCUT2D eigenvalue weighted by Gasteiger charge is -2.44. The fourth-order valence-electron chi connectivity index (χ4n) is 5.97. The normalized spacial score (nSPS) is 20.6. The number of aromatic nitrogens is 2. The smallest absolute Gasteiger partial charge is 0.337 e. The van der Waals surface area contributed by atoms with Crippen LogP contribution >= 0.6 is 0 Å². The van der Waals surface area contributed by atoms with Crippen LogP contribution in [0.4, 0.5) is 5.69 Å². The standard InChI is InChI=1S/C32H47N3O5/c1-21-27(29(30(36)37)40-32(5,6)7)28(35-15-14-22-10-8-9-11-23(22)20-35)25(19-33-21)26-13-12-24(18-34-26)38-16-17-39-31(2,3)4/h12-13,18-19,22-23,29H,8-11,14-17,20H2,1-7H3,(H,36,37)/t22?,23?,29-/m0/s1.